The van der Waals surface area contributed by atoms with Crippen LogP contribution in [0.15, 0.2) is 24.3 Å². The van der Waals surface area contributed by atoms with E-state index in [1.54, 1.807) is 0 Å². The second-order valence-corrected chi connectivity index (χ2v) is 12.0. The van der Waals surface area contributed by atoms with Crippen LogP contribution in [0.25, 0.3) is 0 Å². The van der Waals surface area contributed by atoms with Gasteiger partial charge in [0, 0.05) is 0 Å². The summed E-state index contributed by atoms with van der Waals surface area (Å²) >= 11 is 2.89. The van der Waals surface area contributed by atoms with Gasteiger partial charge in [-0.15, -0.1) is 0 Å². The fourth-order valence-electron chi connectivity index (χ4n) is 1.36. The molecule has 0 spiro atoms. The van der Waals surface area contributed by atoms with Crippen LogP contribution in [0.5, 0.6) is 0 Å². The fourth-order valence-corrected chi connectivity index (χ4v) is 5.89. The van der Waals surface area contributed by atoms with Crippen LogP contribution in [0, 0.1) is 0 Å². The van der Waals surface area contributed by atoms with E-state index in [0.29, 0.717) is 1.43 Å². The van der Waals surface area contributed by atoms with Crippen molar-refractivity contribution in [3.63, 3.8) is 0 Å². The molecule has 0 N–H and O–H groups in total. The summed E-state index contributed by atoms with van der Waals surface area (Å²) in [6, 6.07) is 9.15. The number of hydrogen-bond acceptors (Lipinski definition) is 0. The van der Waals surface area contributed by atoms with Crippen molar-refractivity contribution in [1.29, 1.82) is 0 Å². The molecule has 0 fully saturated rings. The SMILES string of the molecule is CC[I-]C(C)(I)c1ccc(CC)cc1. The van der Waals surface area contributed by atoms with E-state index in [2.05, 4.69) is 67.6 Å². The molecule has 1 aromatic rings. The molecule has 1 rings (SSSR count). The number of benzene rings is 1. The van der Waals surface area contributed by atoms with Crippen LogP contribution in [-0.2, 0) is 7.85 Å². The van der Waals surface area contributed by atoms with E-state index in [9.17, 15) is 0 Å². The van der Waals surface area contributed by atoms with Crippen LogP contribution in [0.1, 0.15) is 31.9 Å². The summed E-state index contributed by atoms with van der Waals surface area (Å²) < 4.78 is 1.77. The maximum atomic E-state index is 2.61. The first-order valence-electron chi connectivity index (χ1n) is 4.98. The van der Waals surface area contributed by atoms with E-state index in [-0.39, 0.29) is 21.2 Å². The molecule has 1 atom stereocenters. The number of alkyl halides is 3. The molecule has 80 valence electrons. The molecule has 0 saturated carbocycles. The molecule has 0 nitrogen and oxygen atoms in total. The van der Waals surface area contributed by atoms with Gasteiger partial charge in [-0.3, -0.25) is 0 Å². The number of hydrogen-bond donors (Lipinski definition) is 0. The molecule has 0 aliphatic carbocycles. The normalized spacial score (nSPS) is 15.4. The van der Waals surface area contributed by atoms with Gasteiger partial charge >= 0.3 is 112 Å². The molecule has 0 aliphatic heterocycles. The second kappa shape index (κ2) is 5.68. The van der Waals surface area contributed by atoms with E-state index in [1.165, 1.54) is 15.6 Å². The molecule has 0 heterocycles. The van der Waals surface area contributed by atoms with Crippen LogP contribution in [0.3, 0.4) is 0 Å². The molecule has 0 aromatic heterocycles. The third-order valence-electron chi connectivity index (χ3n) is 2.25. The van der Waals surface area contributed by atoms with Gasteiger partial charge in [0.1, 0.15) is 0 Å². The van der Waals surface area contributed by atoms with Gasteiger partial charge in [-0.25, -0.2) is 0 Å². The summed E-state index contributed by atoms with van der Waals surface area (Å²) in [6.45, 7) is 6.87. The van der Waals surface area contributed by atoms with E-state index < -0.39 is 0 Å². The van der Waals surface area contributed by atoms with E-state index in [4.69, 9.17) is 0 Å². The Balaban J connectivity index is 2.85. The Labute approximate surface area is 111 Å². The monoisotopic (exact) mass is 415 g/mol. The number of halogens is 2. The summed E-state index contributed by atoms with van der Waals surface area (Å²) in [5.74, 6) is 0. The Hall–Kier alpha value is 0.680. The van der Waals surface area contributed by atoms with Crippen LogP contribution in [0.4, 0.5) is 0 Å². The molecule has 1 unspecified atom stereocenters. The van der Waals surface area contributed by atoms with Crippen molar-refractivity contribution in [1.82, 2.24) is 0 Å². The quantitative estimate of drug-likeness (QED) is 0.508. The van der Waals surface area contributed by atoms with Crippen molar-refractivity contribution >= 4 is 22.6 Å². The molecule has 1 aromatic carbocycles. The fraction of sp³-hybridized carbons (Fsp3) is 0.500. The van der Waals surface area contributed by atoms with Gasteiger partial charge in [0.2, 0.25) is 0 Å². The Morgan fingerprint density at radius 1 is 1.21 bits per heavy atom. The Kier molecular flexibility index (Phi) is 5.17. The molecule has 14 heavy (non-hydrogen) atoms. The third-order valence-corrected chi connectivity index (χ3v) is 7.63. The van der Waals surface area contributed by atoms with Crippen molar-refractivity contribution < 1.29 is 21.2 Å². The van der Waals surface area contributed by atoms with Crippen molar-refractivity contribution in [2.75, 3.05) is 4.43 Å². The molecule has 0 aliphatic rings. The Bertz CT molecular complexity index is 275. The van der Waals surface area contributed by atoms with Gasteiger partial charge in [-0.1, -0.05) is 0 Å². The minimum atomic E-state index is 0.275. The molecule has 0 amide bonds. The second-order valence-electron chi connectivity index (χ2n) is 3.34. The first kappa shape index (κ1) is 12.7. The average Bonchev–Trinajstić information content (AvgIpc) is 2.18. The standard InChI is InChI=1S/C12H17I2/c1-4-10-6-8-11(9-7-10)12(3,13)14-5-2/h6-9H,4-5H2,1-3H3/q-1. The summed E-state index contributed by atoms with van der Waals surface area (Å²) in [5.41, 5.74) is 2.94. The van der Waals surface area contributed by atoms with Crippen molar-refractivity contribution in [3.8, 4) is 0 Å². The van der Waals surface area contributed by atoms with Crippen LogP contribution in [0.2, 0.25) is 0 Å². The van der Waals surface area contributed by atoms with Crippen molar-refractivity contribution in [2.24, 2.45) is 0 Å². The van der Waals surface area contributed by atoms with Crippen LogP contribution in [-0.4, -0.2) is 4.43 Å². The van der Waals surface area contributed by atoms with E-state index in [1.807, 2.05) is 0 Å². The average molecular weight is 415 g/mol. The summed E-state index contributed by atoms with van der Waals surface area (Å²) in [6.07, 6.45) is 1.14. The third kappa shape index (κ3) is 3.36. The van der Waals surface area contributed by atoms with Gasteiger partial charge < -0.3 is 0 Å². The van der Waals surface area contributed by atoms with Gasteiger partial charge in [0.15, 0.2) is 0 Å². The Morgan fingerprint density at radius 2 is 1.79 bits per heavy atom. The molecule has 2 heteroatoms. The first-order valence-corrected chi connectivity index (χ1v) is 8.67. The predicted octanol–water partition coefficient (Wildman–Crippen LogP) is 0.966. The molecule has 0 bridgehead atoms. The topological polar surface area (TPSA) is 0 Å². The zero-order valence-corrected chi connectivity index (χ0v) is 13.3. The van der Waals surface area contributed by atoms with Crippen molar-refractivity contribution in [3.05, 3.63) is 35.4 Å². The van der Waals surface area contributed by atoms with Gasteiger partial charge in [-0.05, 0) is 0 Å². The Morgan fingerprint density at radius 3 is 2.21 bits per heavy atom. The zero-order chi connectivity index (χ0) is 10.6. The summed E-state index contributed by atoms with van der Waals surface area (Å²) in [7, 11) is 0. The zero-order valence-electron chi connectivity index (χ0n) is 8.98. The van der Waals surface area contributed by atoms with Gasteiger partial charge in [-0.2, -0.15) is 0 Å². The van der Waals surface area contributed by atoms with E-state index in [0.717, 1.165) is 6.42 Å². The van der Waals surface area contributed by atoms with Gasteiger partial charge in [0.05, 0.1) is 0 Å². The maximum absolute atomic E-state index is 2.61. The van der Waals surface area contributed by atoms with Crippen LogP contribution >= 0.6 is 22.6 Å². The summed E-state index contributed by atoms with van der Waals surface area (Å²) in [4.78, 5) is 0. The first-order chi connectivity index (χ1) is 6.60. The summed E-state index contributed by atoms with van der Waals surface area (Å²) in [5, 5.41) is 0. The van der Waals surface area contributed by atoms with Crippen molar-refractivity contribution in [2.45, 2.75) is 28.6 Å². The van der Waals surface area contributed by atoms with Crippen LogP contribution < -0.4 is 21.2 Å². The molecule has 0 saturated heterocycles. The number of aryl methyl sites for hydroxylation is 1. The molecular formula is C12H17I2-. The molecular weight excluding hydrogens is 398 g/mol. The molecule has 0 radical (unpaired) electrons. The predicted molar refractivity (Wildman–Crippen MR) is 67.7 cm³/mol. The minimum absolute atomic E-state index is 0.275. The number of rotatable bonds is 4. The van der Waals surface area contributed by atoms with E-state index >= 15 is 0 Å². The van der Waals surface area contributed by atoms with Gasteiger partial charge in [0.25, 0.3) is 0 Å².